The first-order valence-corrected chi connectivity index (χ1v) is 7.90. The minimum Gasteiger partial charge on any atom is -0.480 e. The third-order valence-corrected chi connectivity index (χ3v) is 4.30. The first-order valence-electron chi connectivity index (χ1n) is 5.32. The smallest absolute Gasteiger partial charge is 0.318 e. The summed E-state index contributed by atoms with van der Waals surface area (Å²) in [5, 5.41) is 11.4. The highest BCUT2D eigenvalue weighted by molar-refractivity contribution is 7.92. The van der Waals surface area contributed by atoms with E-state index in [1.807, 2.05) is 0 Å². The monoisotopic (exact) mass is 339 g/mol. The lowest BCUT2D eigenvalue weighted by Crippen LogP contribution is -2.32. The SMILES string of the molecule is O=C(O)CS(=O)(=O)CC(=O)NCc1ccc(Cl)c(Cl)c1. The zero-order valence-electron chi connectivity index (χ0n) is 10.1. The van der Waals surface area contributed by atoms with Gasteiger partial charge in [-0.3, -0.25) is 9.59 Å². The fourth-order valence-electron chi connectivity index (χ4n) is 1.34. The fraction of sp³-hybridized carbons (Fsp3) is 0.273. The summed E-state index contributed by atoms with van der Waals surface area (Å²) in [5.41, 5.74) is 0.642. The zero-order valence-corrected chi connectivity index (χ0v) is 12.4. The van der Waals surface area contributed by atoms with Gasteiger partial charge in [-0.05, 0) is 17.7 Å². The summed E-state index contributed by atoms with van der Waals surface area (Å²) in [7, 11) is -3.96. The summed E-state index contributed by atoms with van der Waals surface area (Å²) in [5.74, 6) is -4.23. The fourth-order valence-corrected chi connectivity index (χ4v) is 2.64. The molecule has 0 heterocycles. The average molecular weight is 340 g/mol. The Morgan fingerprint density at radius 3 is 2.35 bits per heavy atom. The van der Waals surface area contributed by atoms with Crippen LogP contribution in [-0.4, -0.2) is 36.9 Å². The van der Waals surface area contributed by atoms with Crippen LogP contribution >= 0.6 is 23.2 Å². The molecule has 0 aromatic heterocycles. The van der Waals surface area contributed by atoms with E-state index < -0.39 is 33.2 Å². The number of amides is 1. The maximum absolute atomic E-state index is 11.4. The van der Waals surface area contributed by atoms with Gasteiger partial charge in [-0.15, -0.1) is 0 Å². The van der Waals surface area contributed by atoms with Crippen LogP contribution in [0.25, 0.3) is 0 Å². The van der Waals surface area contributed by atoms with E-state index >= 15 is 0 Å². The molecule has 1 amide bonds. The molecule has 0 saturated heterocycles. The van der Waals surface area contributed by atoms with Crippen LogP contribution in [0.2, 0.25) is 10.0 Å². The largest absolute Gasteiger partial charge is 0.480 e. The molecule has 20 heavy (non-hydrogen) atoms. The van der Waals surface area contributed by atoms with Gasteiger partial charge in [0.15, 0.2) is 9.84 Å². The molecule has 0 aliphatic carbocycles. The number of carboxylic acid groups (broad SMARTS) is 1. The molecular formula is C11H11Cl2NO5S. The number of halogens is 2. The standard InChI is InChI=1S/C11H11Cl2NO5S/c12-8-2-1-7(3-9(8)13)4-14-10(15)5-20(18,19)6-11(16)17/h1-3H,4-6H2,(H,14,15)(H,16,17). The van der Waals surface area contributed by atoms with E-state index in [9.17, 15) is 18.0 Å². The second-order valence-electron chi connectivity index (χ2n) is 3.95. The summed E-state index contributed by atoms with van der Waals surface area (Å²) >= 11 is 11.5. The Kier molecular flexibility index (Phi) is 5.79. The molecule has 6 nitrogen and oxygen atoms in total. The maximum Gasteiger partial charge on any atom is 0.318 e. The van der Waals surface area contributed by atoms with Gasteiger partial charge in [0.05, 0.1) is 10.0 Å². The molecule has 0 fully saturated rings. The highest BCUT2D eigenvalue weighted by Gasteiger charge is 2.20. The van der Waals surface area contributed by atoms with Gasteiger partial charge < -0.3 is 10.4 Å². The number of hydrogen-bond donors (Lipinski definition) is 2. The van der Waals surface area contributed by atoms with Crippen molar-refractivity contribution in [2.75, 3.05) is 11.5 Å². The van der Waals surface area contributed by atoms with E-state index in [4.69, 9.17) is 28.3 Å². The number of benzene rings is 1. The first-order chi connectivity index (χ1) is 9.19. The highest BCUT2D eigenvalue weighted by Crippen LogP contribution is 2.22. The van der Waals surface area contributed by atoms with Crippen LogP contribution in [0, 0.1) is 0 Å². The molecule has 0 saturated carbocycles. The number of carboxylic acids is 1. The Morgan fingerprint density at radius 1 is 1.15 bits per heavy atom. The van der Waals surface area contributed by atoms with Crippen molar-refractivity contribution >= 4 is 44.9 Å². The molecule has 0 unspecified atom stereocenters. The van der Waals surface area contributed by atoms with Crippen molar-refractivity contribution in [1.82, 2.24) is 5.32 Å². The molecule has 1 aromatic rings. The normalized spacial score (nSPS) is 11.1. The van der Waals surface area contributed by atoms with E-state index in [1.54, 1.807) is 12.1 Å². The highest BCUT2D eigenvalue weighted by atomic mass is 35.5. The van der Waals surface area contributed by atoms with Crippen molar-refractivity contribution < 1.29 is 23.1 Å². The van der Waals surface area contributed by atoms with Crippen molar-refractivity contribution in [2.45, 2.75) is 6.54 Å². The van der Waals surface area contributed by atoms with E-state index in [0.717, 1.165) is 0 Å². The minimum atomic E-state index is -3.96. The van der Waals surface area contributed by atoms with Gasteiger partial charge in [0, 0.05) is 6.54 Å². The number of carbonyl (C=O) groups is 2. The molecule has 0 radical (unpaired) electrons. The summed E-state index contributed by atoms with van der Waals surface area (Å²) in [6, 6.07) is 4.71. The Labute approximate surface area is 125 Å². The molecule has 9 heteroatoms. The summed E-state index contributed by atoms with van der Waals surface area (Å²) in [6.45, 7) is 0.0678. The molecule has 2 N–H and O–H groups in total. The van der Waals surface area contributed by atoms with Crippen molar-refractivity contribution in [1.29, 1.82) is 0 Å². The molecule has 0 aliphatic heterocycles. The average Bonchev–Trinajstić information content (AvgIpc) is 2.28. The number of nitrogens with one attached hydrogen (secondary N) is 1. The quantitative estimate of drug-likeness (QED) is 0.808. The van der Waals surface area contributed by atoms with Crippen LogP contribution < -0.4 is 5.32 Å². The van der Waals surface area contributed by atoms with Gasteiger partial charge in [-0.25, -0.2) is 8.42 Å². The summed E-state index contributed by atoms with van der Waals surface area (Å²) in [6.07, 6.45) is 0. The van der Waals surface area contributed by atoms with Crippen LogP contribution in [0.3, 0.4) is 0 Å². The Morgan fingerprint density at radius 2 is 1.80 bits per heavy atom. The van der Waals surface area contributed by atoms with E-state index in [2.05, 4.69) is 5.32 Å². The van der Waals surface area contributed by atoms with E-state index in [1.165, 1.54) is 6.07 Å². The molecule has 110 valence electrons. The van der Waals surface area contributed by atoms with E-state index in [0.29, 0.717) is 15.6 Å². The Bertz CT molecular complexity index is 630. The van der Waals surface area contributed by atoms with Gasteiger partial charge in [0.25, 0.3) is 0 Å². The topological polar surface area (TPSA) is 101 Å². The van der Waals surface area contributed by atoms with E-state index in [-0.39, 0.29) is 6.54 Å². The molecule has 0 aliphatic rings. The van der Waals surface area contributed by atoms with Crippen LogP contribution in [-0.2, 0) is 26.0 Å². The van der Waals surface area contributed by atoms with Gasteiger partial charge in [0.1, 0.15) is 11.5 Å². The molecular weight excluding hydrogens is 329 g/mol. The Balaban J connectivity index is 2.55. The molecule has 0 bridgehead atoms. The van der Waals surface area contributed by atoms with Crippen LogP contribution in [0.15, 0.2) is 18.2 Å². The maximum atomic E-state index is 11.4. The van der Waals surface area contributed by atoms with Gasteiger partial charge >= 0.3 is 5.97 Å². The predicted octanol–water partition coefficient (Wildman–Crippen LogP) is 1.11. The van der Waals surface area contributed by atoms with Crippen LogP contribution in [0.4, 0.5) is 0 Å². The summed E-state index contributed by atoms with van der Waals surface area (Å²) < 4.78 is 22.6. The number of sulfone groups is 1. The molecule has 1 rings (SSSR count). The second kappa shape index (κ2) is 6.92. The van der Waals surface area contributed by atoms with Crippen molar-refractivity contribution in [3.63, 3.8) is 0 Å². The van der Waals surface area contributed by atoms with Gasteiger partial charge in [-0.1, -0.05) is 29.3 Å². The molecule has 0 atom stereocenters. The molecule has 1 aromatic carbocycles. The lowest BCUT2D eigenvalue weighted by Gasteiger charge is -2.06. The van der Waals surface area contributed by atoms with Crippen molar-refractivity contribution in [2.24, 2.45) is 0 Å². The minimum absolute atomic E-state index is 0.0678. The van der Waals surface area contributed by atoms with Crippen molar-refractivity contribution in [3.05, 3.63) is 33.8 Å². The first kappa shape index (κ1) is 16.7. The number of carbonyl (C=O) groups excluding carboxylic acids is 1. The van der Waals surface area contributed by atoms with Gasteiger partial charge in [0.2, 0.25) is 5.91 Å². The predicted molar refractivity (Wildman–Crippen MR) is 74.6 cm³/mol. The lowest BCUT2D eigenvalue weighted by atomic mass is 10.2. The van der Waals surface area contributed by atoms with Gasteiger partial charge in [-0.2, -0.15) is 0 Å². The number of aliphatic carboxylic acids is 1. The second-order valence-corrected chi connectivity index (χ2v) is 6.83. The molecule has 0 spiro atoms. The van der Waals surface area contributed by atoms with Crippen LogP contribution in [0.5, 0.6) is 0 Å². The van der Waals surface area contributed by atoms with Crippen molar-refractivity contribution in [3.8, 4) is 0 Å². The Hall–Kier alpha value is -1.31. The third kappa shape index (κ3) is 5.77. The van der Waals surface area contributed by atoms with Crippen LogP contribution in [0.1, 0.15) is 5.56 Å². The number of hydrogen-bond acceptors (Lipinski definition) is 4. The summed E-state index contributed by atoms with van der Waals surface area (Å²) in [4.78, 5) is 21.7. The number of rotatable bonds is 6. The third-order valence-electron chi connectivity index (χ3n) is 2.17. The lowest BCUT2D eigenvalue weighted by molar-refractivity contribution is -0.134. The zero-order chi connectivity index (χ0) is 15.3.